The number of hydrogen-bond acceptors (Lipinski definition) is 5. The van der Waals surface area contributed by atoms with Crippen LogP contribution in [0.3, 0.4) is 0 Å². The highest BCUT2D eigenvalue weighted by atomic mass is 32.3. The fourth-order valence-corrected chi connectivity index (χ4v) is 3.44. The zero-order chi connectivity index (χ0) is 23.4. The third-order valence-corrected chi connectivity index (χ3v) is 5.82. The summed E-state index contributed by atoms with van der Waals surface area (Å²) in [6, 6.07) is 10.3. The lowest BCUT2D eigenvalue weighted by Crippen LogP contribution is -2.36. The molecule has 0 saturated heterocycles. The van der Waals surface area contributed by atoms with Gasteiger partial charge in [0.2, 0.25) is 0 Å². The molecule has 1 aromatic heterocycles. The summed E-state index contributed by atoms with van der Waals surface area (Å²) in [4.78, 5) is 0. The van der Waals surface area contributed by atoms with E-state index in [-0.39, 0.29) is 0 Å². The van der Waals surface area contributed by atoms with Gasteiger partial charge in [0.05, 0.1) is 5.21 Å². The Morgan fingerprint density at radius 1 is 1.03 bits per heavy atom. The fourth-order valence-electron chi connectivity index (χ4n) is 1.73. The summed E-state index contributed by atoms with van der Waals surface area (Å²) in [6.45, 7) is 4.53. The molecule has 0 bridgehead atoms. The van der Waals surface area contributed by atoms with Gasteiger partial charge in [-0.15, -0.1) is 9.36 Å². The van der Waals surface area contributed by atoms with Crippen LogP contribution in [0.15, 0.2) is 43.1 Å². The van der Waals surface area contributed by atoms with Crippen molar-refractivity contribution in [3.63, 3.8) is 0 Å². The number of nitrogens with zero attached hydrogens (tertiary/aromatic N) is 4. The molecule has 0 saturated carbocycles. The molecule has 0 unspecified atom stereocenters. The van der Waals surface area contributed by atoms with E-state index in [0.717, 1.165) is 16.4 Å². The van der Waals surface area contributed by atoms with E-state index in [4.69, 9.17) is 0 Å². The molecular weight excluding hydrogens is 466 g/mol. The molecule has 8 nitrogen and oxygen atoms in total. The van der Waals surface area contributed by atoms with Gasteiger partial charge in [0.15, 0.2) is 31.9 Å². The van der Waals surface area contributed by atoms with Crippen LogP contribution in [-0.4, -0.2) is 37.7 Å². The minimum Gasteiger partial charge on any atom is -0.421 e. The minimum atomic E-state index is -6.72. The van der Waals surface area contributed by atoms with E-state index >= 15 is 0 Å². The first-order chi connectivity index (χ1) is 13.5. The van der Waals surface area contributed by atoms with Gasteiger partial charge in [-0.1, -0.05) is 36.9 Å². The molecule has 0 amide bonds. The van der Waals surface area contributed by atoms with Crippen molar-refractivity contribution < 1.29 is 47.9 Å². The molecule has 0 atom stereocenters. The van der Waals surface area contributed by atoms with Crippen molar-refractivity contribution in [1.29, 1.82) is 0 Å². The molecule has 0 aliphatic carbocycles. The number of benzene rings is 1. The number of hydrogen-bond donors (Lipinski definition) is 0. The number of aryl methyl sites for hydroxylation is 1. The summed E-state index contributed by atoms with van der Waals surface area (Å²) < 4.78 is 113. The average molecular weight is 480 g/mol. The van der Waals surface area contributed by atoms with Gasteiger partial charge in [-0.05, 0) is 11.6 Å². The van der Waals surface area contributed by atoms with Crippen LogP contribution in [-0.2, 0) is 33.6 Å². The van der Waals surface area contributed by atoms with Crippen LogP contribution in [0.1, 0.15) is 11.3 Å². The van der Waals surface area contributed by atoms with Crippen molar-refractivity contribution in [3.05, 3.63) is 58.5 Å². The Hall–Kier alpha value is -2.46. The van der Waals surface area contributed by atoms with Gasteiger partial charge in [-0.2, -0.15) is 26.3 Å². The van der Waals surface area contributed by atoms with E-state index in [9.17, 15) is 43.2 Å². The lowest BCUT2D eigenvalue weighted by molar-refractivity contribution is -0.747. The maximum absolute atomic E-state index is 11.4. The third-order valence-electron chi connectivity index (χ3n) is 3.08. The van der Waals surface area contributed by atoms with Crippen LogP contribution in [0.2, 0.25) is 0 Å². The van der Waals surface area contributed by atoms with Gasteiger partial charge in [0, 0.05) is 0 Å². The predicted octanol–water partition coefficient (Wildman–Crippen LogP) is 2.46. The molecule has 2 rings (SSSR count). The Kier molecular flexibility index (Phi) is 7.79. The molecule has 0 aliphatic rings. The molecule has 0 aliphatic heterocycles. The maximum atomic E-state index is 11.4. The quantitative estimate of drug-likeness (QED) is 0.483. The van der Waals surface area contributed by atoms with Gasteiger partial charge in [-0.25, -0.2) is 16.8 Å². The van der Waals surface area contributed by atoms with Gasteiger partial charge in [0.25, 0.3) is 0 Å². The first-order valence-corrected chi connectivity index (χ1v) is 10.3. The minimum absolute atomic E-state index is 0.778. The van der Waals surface area contributed by atoms with E-state index in [1.54, 1.807) is 6.08 Å². The SMILES string of the molecule is C=Cc1c[n+](Cc2ccccc2)nn1C.O=S(=O)([N-]S(=O)(=O)C(F)(F)F)C(F)(F)F. The number of aromatic nitrogens is 3. The second-order valence-electron chi connectivity index (χ2n) is 5.37. The number of sulfonamides is 2. The van der Waals surface area contributed by atoms with Gasteiger partial charge in [-0.3, -0.25) is 0 Å². The molecular formula is C14H14F6N4O4S2. The first kappa shape index (κ1) is 25.6. The molecule has 30 heavy (non-hydrogen) atoms. The van der Waals surface area contributed by atoms with Crippen molar-refractivity contribution in [2.24, 2.45) is 7.05 Å². The van der Waals surface area contributed by atoms with Crippen molar-refractivity contribution in [2.45, 2.75) is 17.6 Å². The first-order valence-electron chi connectivity index (χ1n) is 7.47. The zero-order valence-electron chi connectivity index (χ0n) is 15.0. The van der Waals surface area contributed by atoms with E-state index in [1.165, 1.54) is 5.56 Å². The monoisotopic (exact) mass is 480 g/mol. The number of alkyl halides is 6. The third kappa shape index (κ3) is 6.81. The Balaban J connectivity index is 0.000000300. The molecule has 1 aromatic carbocycles. The van der Waals surface area contributed by atoms with E-state index in [2.05, 4.69) is 23.9 Å². The molecule has 0 spiro atoms. The van der Waals surface area contributed by atoms with Crippen LogP contribution in [0, 0.1) is 0 Å². The smallest absolute Gasteiger partial charge is 0.421 e. The van der Waals surface area contributed by atoms with E-state index in [0.29, 0.717) is 0 Å². The average Bonchev–Trinajstić information content (AvgIpc) is 2.93. The second-order valence-corrected chi connectivity index (χ2v) is 8.79. The van der Waals surface area contributed by atoms with Crippen LogP contribution >= 0.6 is 0 Å². The topological polar surface area (TPSA) is 104 Å². The largest absolute Gasteiger partial charge is 0.480 e. The Labute approximate surface area is 167 Å². The van der Waals surface area contributed by atoms with Gasteiger partial charge >= 0.3 is 11.0 Å². The lowest BCUT2D eigenvalue weighted by Gasteiger charge is -2.22. The molecule has 0 fully saturated rings. The summed E-state index contributed by atoms with van der Waals surface area (Å²) in [5.74, 6) is 0. The Bertz CT molecular complexity index is 1040. The van der Waals surface area contributed by atoms with Crippen molar-refractivity contribution in [1.82, 2.24) is 9.90 Å². The summed E-state index contributed by atoms with van der Waals surface area (Å²) in [7, 11) is -11.5. The van der Waals surface area contributed by atoms with Crippen LogP contribution in [0.4, 0.5) is 26.3 Å². The molecule has 0 N–H and O–H groups in total. The van der Waals surface area contributed by atoms with Crippen molar-refractivity contribution in [2.75, 3.05) is 0 Å². The van der Waals surface area contributed by atoms with Gasteiger partial charge < -0.3 is 4.13 Å². The van der Waals surface area contributed by atoms with Crippen LogP contribution in [0.25, 0.3) is 10.2 Å². The van der Waals surface area contributed by atoms with Gasteiger partial charge in [0.1, 0.15) is 13.6 Å². The zero-order valence-corrected chi connectivity index (χ0v) is 16.6. The van der Waals surface area contributed by atoms with Crippen LogP contribution < -0.4 is 4.68 Å². The summed E-state index contributed by atoms with van der Waals surface area (Å²) in [5, 5.41) is 4.34. The van der Waals surface area contributed by atoms with Crippen molar-refractivity contribution >= 4 is 26.1 Å². The van der Waals surface area contributed by atoms with Crippen LogP contribution in [0.5, 0.6) is 0 Å². The Morgan fingerprint density at radius 2 is 1.50 bits per heavy atom. The predicted molar refractivity (Wildman–Crippen MR) is 92.3 cm³/mol. The summed E-state index contributed by atoms with van der Waals surface area (Å²) in [5.41, 5.74) is -10.1. The summed E-state index contributed by atoms with van der Waals surface area (Å²) in [6.07, 6.45) is 3.79. The molecule has 2 aromatic rings. The number of rotatable bonds is 5. The number of halogens is 6. The lowest BCUT2D eigenvalue weighted by atomic mass is 10.2. The van der Waals surface area contributed by atoms with E-state index < -0.39 is 31.1 Å². The molecule has 168 valence electrons. The summed E-state index contributed by atoms with van der Waals surface area (Å²) >= 11 is 0. The van der Waals surface area contributed by atoms with Crippen molar-refractivity contribution in [3.8, 4) is 0 Å². The normalized spacial score (nSPS) is 12.8. The maximum Gasteiger partial charge on any atom is 0.480 e. The molecule has 16 heteroatoms. The molecule has 1 heterocycles. The second kappa shape index (κ2) is 9.13. The standard InChI is InChI=1S/C12H14N3.C2F6NO4S2/c1-3-12-10-15(13-14(12)2)9-11-7-5-4-6-8-11;3-1(4,5)14(10,11)9-15(12,13)2(6,7)8/h3-8,10H,1,9H2,2H3;/q+1;-1. The highest BCUT2D eigenvalue weighted by molar-refractivity contribution is 8.13. The fraction of sp³-hybridized carbons (Fsp3) is 0.286. The highest BCUT2D eigenvalue weighted by Gasteiger charge is 2.46. The molecule has 0 radical (unpaired) electrons. The highest BCUT2D eigenvalue weighted by Crippen LogP contribution is 2.36. The Morgan fingerprint density at radius 3 is 1.87 bits per heavy atom. The van der Waals surface area contributed by atoms with E-state index in [1.807, 2.05) is 40.8 Å².